The largest absolute Gasteiger partial charge is 0.304 e. The molecule has 4 rings (SSSR count). The molecular formula is C17H14N4OS. The van der Waals surface area contributed by atoms with Gasteiger partial charge < -0.3 is 4.40 Å². The molecule has 0 aliphatic carbocycles. The van der Waals surface area contributed by atoms with E-state index in [2.05, 4.69) is 21.4 Å². The monoisotopic (exact) mass is 322 g/mol. The molecular weight excluding hydrogens is 308 g/mol. The van der Waals surface area contributed by atoms with E-state index in [1.54, 1.807) is 6.20 Å². The van der Waals surface area contributed by atoms with Crippen LogP contribution in [-0.4, -0.2) is 20.3 Å². The highest BCUT2D eigenvalue weighted by Crippen LogP contribution is 2.27. The smallest absolute Gasteiger partial charge is 0.277 e. The summed E-state index contributed by atoms with van der Waals surface area (Å²) >= 11 is 1.47. The molecule has 0 fully saturated rings. The first kappa shape index (κ1) is 13.9. The Morgan fingerprint density at radius 3 is 2.87 bits per heavy atom. The number of anilines is 1. The maximum Gasteiger partial charge on any atom is 0.277 e. The zero-order valence-corrected chi connectivity index (χ0v) is 13.5. The first-order chi connectivity index (χ1) is 11.1. The van der Waals surface area contributed by atoms with Gasteiger partial charge in [-0.15, -0.1) is 0 Å². The molecule has 0 aliphatic heterocycles. The molecule has 1 N–H and O–H groups in total. The Labute approximate surface area is 136 Å². The van der Waals surface area contributed by atoms with Gasteiger partial charge in [0.05, 0.1) is 10.2 Å². The first-order valence-corrected chi connectivity index (χ1v) is 8.05. The van der Waals surface area contributed by atoms with Crippen molar-refractivity contribution >= 4 is 38.2 Å². The van der Waals surface area contributed by atoms with Crippen LogP contribution in [0.1, 0.15) is 21.7 Å². The molecule has 6 heteroatoms. The summed E-state index contributed by atoms with van der Waals surface area (Å²) in [6.45, 7) is 4.02. The van der Waals surface area contributed by atoms with Crippen LogP contribution in [0.15, 0.2) is 42.6 Å². The zero-order chi connectivity index (χ0) is 16.0. The van der Waals surface area contributed by atoms with E-state index < -0.39 is 0 Å². The summed E-state index contributed by atoms with van der Waals surface area (Å²) in [6, 6.07) is 11.8. The van der Waals surface area contributed by atoms with E-state index in [0.29, 0.717) is 10.8 Å². The number of pyridine rings is 1. The van der Waals surface area contributed by atoms with Crippen LogP contribution < -0.4 is 5.32 Å². The van der Waals surface area contributed by atoms with E-state index in [1.807, 2.05) is 48.6 Å². The van der Waals surface area contributed by atoms with Gasteiger partial charge in [0.2, 0.25) is 0 Å². The summed E-state index contributed by atoms with van der Waals surface area (Å²) in [5.74, 6) is -0.246. The highest BCUT2D eigenvalue weighted by Gasteiger charge is 2.14. The van der Waals surface area contributed by atoms with Crippen LogP contribution in [0.2, 0.25) is 0 Å². The third-order valence-electron chi connectivity index (χ3n) is 3.69. The van der Waals surface area contributed by atoms with E-state index in [-0.39, 0.29) is 5.91 Å². The lowest BCUT2D eigenvalue weighted by atomic mass is 10.2. The molecule has 1 amide bonds. The average molecular weight is 322 g/mol. The number of benzene rings is 1. The number of nitrogens with one attached hydrogen (secondary N) is 1. The zero-order valence-electron chi connectivity index (χ0n) is 12.7. The first-order valence-electron chi connectivity index (χ1n) is 7.23. The van der Waals surface area contributed by atoms with Crippen LogP contribution in [0.3, 0.4) is 0 Å². The van der Waals surface area contributed by atoms with Gasteiger partial charge in [-0.3, -0.25) is 10.1 Å². The average Bonchev–Trinajstić information content (AvgIpc) is 3.11. The summed E-state index contributed by atoms with van der Waals surface area (Å²) in [5, 5.41) is 3.43. The van der Waals surface area contributed by atoms with Crippen LogP contribution in [0.4, 0.5) is 5.13 Å². The number of amides is 1. The number of rotatable bonds is 2. The van der Waals surface area contributed by atoms with Gasteiger partial charge in [0.15, 0.2) is 5.13 Å². The normalized spacial score (nSPS) is 11.2. The van der Waals surface area contributed by atoms with Crippen molar-refractivity contribution < 1.29 is 4.79 Å². The number of imidazole rings is 1. The Kier molecular flexibility index (Phi) is 3.12. The lowest BCUT2D eigenvalue weighted by molar-refractivity contribution is 0.102. The highest BCUT2D eigenvalue weighted by molar-refractivity contribution is 7.22. The van der Waals surface area contributed by atoms with Gasteiger partial charge in [-0.25, -0.2) is 9.97 Å². The van der Waals surface area contributed by atoms with Crippen LogP contribution in [0.25, 0.3) is 15.9 Å². The van der Waals surface area contributed by atoms with Gasteiger partial charge in [-0.1, -0.05) is 23.5 Å². The molecule has 0 spiro atoms. The van der Waals surface area contributed by atoms with Crippen molar-refractivity contribution in [3.63, 3.8) is 0 Å². The van der Waals surface area contributed by atoms with Crippen LogP contribution in [-0.2, 0) is 0 Å². The molecule has 23 heavy (non-hydrogen) atoms. The van der Waals surface area contributed by atoms with Crippen molar-refractivity contribution in [3.8, 4) is 0 Å². The second kappa shape index (κ2) is 5.17. The minimum atomic E-state index is -0.246. The molecule has 3 heterocycles. The lowest BCUT2D eigenvalue weighted by Gasteiger charge is -1.96. The summed E-state index contributed by atoms with van der Waals surface area (Å²) in [5.41, 5.74) is 4.24. The fourth-order valence-corrected chi connectivity index (χ4v) is 3.46. The van der Waals surface area contributed by atoms with E-state index in [1.165, 1.54) is 16.9 Å². The maximum atomic E-state index is 12.4. The molecule has 4 aromatic rings. The molecule has 0 saturated carbocycles. The molecule has 114 valence electrons. The number of carbonyl (C=O) groups is 1. The fraction of sp³-hybridized carbons (Fsp3) is 0.118. The van der Waals surface area contributed by atoms with E-state index in [4.69, 9.17) is 0 Å². The number of aryl methyl sites for hydroxylation is 2. The van der Waals surface area contributed by atoms with Crippen molar-refractivity contribution in [2.75, 3.05) is 5.32 Å². The minimum Gasteiger partial charge on any atom is -0.304 e. The van der Waals surface area contributed by atoms with Crippen molar-refractivity contribution in [1.82, 2.24) is 14.4 Å². The summed E-state index contributed by atoms with van der Waals surface area (Å²) < 4.78 is 2.96. The van der Waals surface area contributed by atoms with Gasteiger partial charge in [0.25, 0.3) is 5.91 Å². The van der Waals surface area contributed by atoms with Crippen LogP contribution >= 0.6 is 11.3 Å². The molecule has 3 aromatic heterocycles. The topological polar surface area (TPSA) is 59.3 Å². The third kappa shape index (κ3) is 2.47. The van der Waals surface area contributed by atoms with Crippen molar-refractivity contribution in [2.45, 2.75) is 13.8 Å². The second-order valence-corrected chi connectivity index (χ2v) is 6.50. The minimum absolute atomic E-state index is 0.246. The van der Waals surface area contributed by atoms with E-state index >= 15 is 0 Å². The highest BCUT2D eigenvalue weighted by atomic mass is 32.1. The van der Waals surface area contributed by atoms with Crippen LogP contribution in [0.5, 0.6) is 0 Å². The van der Waals surface area contributed by atoms with Gasteiger partial charge in [-0.2, -0.15) is 0 Å². The number of carbonyl (C=O) groups excluding carboxylic acids is 1. The molecule has 0 radical (unpaired) electrons. The summed E-state index contributed by atoms with van der Waals surface area (Å²) in [7, 11) is 0. The van der Waals surface area contributed by atoms with E-state index in [0.717, 1.165) is 21.6 Å². The number of aromatic nitrogens is 3. The van der Waals surface area contributed by atoms with Gasteiger partial charge in [0.1, 0.15) is 11.3 Å². The lowest BCUT2D eigenvalue weighted by Crippen LogP contribution is -2.11. The molecule has 5 nitrogen and oxygen atoms in total. The predicted molar refractivity (Wildman–Crippen MR) is 92.2 cm³/mol. The number of nitrogens with zero attached hydrogens (tertiary/aromatic N) is 3. The molecule has 0 bridgehead atoms. The molecule has 0 saturated heterocycles. The number of thiazole rings is 1. The Balaban J connectivity index is 1.66. The van der Waals surface area contributed by atoms with Crippen molar-refractivity contribution in [2.24, 2.45) is 0 Å². The predicted octanol–water partition coefficient (Wildman–Crippen LogP) is 3.81. The van der Waals surface area contributed by atoms with Gasteiger partial charge >= 0.3 is 0 Å². The van der Waals surface area contributed by atoms with Gasteiger partial charge in [0, 0.05) is 11.9 Å². The SMILES string of the molecule is Cc1ccc2nc(NC(=O)c3cn4c(C)cccc4n3)sc2c1. The number of fused-ring (bicyclic) bond motifs is 2. The fourth-order valence-electron chi connectivity index (χ4n) is 2.50. The number of hydrogen-bond donors (Lipinski definition) is 1. The molecule has 0 aliphatic rings. The summed E-state index contributed by atoms with van der Waals surface area (Å²) in [4.78, 5) is 21.2. The van der Waals surface area contributed by atoms with Crippen molar-refractivity contribution in [3.05, 3.63) is 59.5 Å². The van der Waals surface area contributed by atoms with Crippen molar-refractivity contribution in [1.29, 1.82) is 0 Å². The summed E-state index contributed by atoms with van der Waals surface area (Å²) in [6.07, 6.45) is 1.75. The Morgan fingerprint density at radius 2 is 2.04 bits per heavy atom. The molecule has 0 unspecified atom stereocenters. The maximum absolute atomic E-state index is 12.4. The Bertz CT molecular complexity index is 1050. The number of hydrogen-bond acceptors (Lipinski definition) is 4. The molecule has 0 atom stereocenters. The molecule has 1 aromatic carbocycles. The third-order valence-corrected chi connectivity index (χ3v) is 4.63. The standard InChI is InChI=1S/C17H14N4OS/c1-10-6-7-12-14(8-10)23-17(19-12)20-16(22)13-9-21-11(2)4-3-5-15(21)18-13/h3-9H,1-2H3,(H,19,20,22). The quantitative estimate of drug-likeness (QED) is 0.610. The Morgan fingerprint density at radius 1 is 1.17 bits per heavy atom. The van der Waals surface area contributed by atoms with E-state index in [9.17, 15) is 4.79 Å². The van der Waals surface area contributed by atoms with Gasteiger partial charge in [-0.05, 0) is 43.7 Å². The van der Waals surface area contributed by atoms with Crippen LogP contribution in [0, 0.1) is 13.8 Å². The second-order valence-electron chi connectivity index (χ2n) is 5.47. The Hall–Kier alpha value is -2.73.